The molecule has 150 valence electrons. The number of imide groups is 2. The van der Waals surface area contributed by atoms with Crippen LogP contribution in [0.15, 0.2) is 46.6 Å². The summed E-state index contributed by atoms with van der Waals surface area (Å²) in [5, 5.41) is 2.13. The minimum absolute atomic E-state index is 0.120. The van der Waals surface area contributed by atoms with Crippen LogP contribution in [0.4, 0.5) is 4.79 Å². The van der Waals surface area contributed by atoms with Gasteiger partial charge in [-0.15, -0.1) is 0 Å². The molecule has 0 radical (unpaired) electrons. The van der Waals surface area contributed by atoms with Crippen molar-refractivity contribution in [3.05, 3.63) is 53.5 Å². The number of amides is 5. The summed E-state index contributed by atoms with van der Waals surface area (Å²) in [5.41, 5.74) is 5.26. The van der Waals surface area contributed by atoms with Crippen LogP contribution in [0.1, 0.15) is 11.3 Å². The Morgan fingerprint density at radius 3 is 2.69 bits per heavy atom. The summed E-state index contributed by atoms with van der Waals surface area (Å²) >= 11 is 0. The number of carbonyl (C=O) groups excluding carboxylic acids is 4. The Kier molecular flexibility index (Phi) is 5.63. The summed E-state index contributed by atoms with van der Waals surface area (Å²) in [7, 11) is 1.39. The van der Waals surface area contributed by atoms with Gasteiger partial charge in [0.15, 0.2) is 18.1 Å². The van der Waals surface area contributed by atoms with Gasteiger partial charge in [-0.25, -0.2) is 4.79 Å². The van der Waals surface area contributed by atoms with Crippen LogP contribution in [0.5, 0.6) is 11.5 Å². The maximum atomic E-state index is 12.7. The van der Waals surface area contributed by atoms with Crippen molar-refractivity contribution >= 4 is 29.8 Å². The fraction of sp³-hybridized carbons (Fsp3) is 0.158. The number of urea groups is 1. The molecule has 0 saturated carbocycles. The zero-order valence-corrected chi connectivity index (χ0v) is 15.3. The Labute approximate surface area is 164 Å². The molecule has 3 rings (SSSR count). The zero-order valence-electron chi connectivity index (χ0n) is 15.3. The number of benzene rings is 1. The summed E-state index contributed by atoms with van der Waals surface area (Å²) in [6.07, 6.45) is 2.73. The molecule has 10 nitrogen and oxygen atoms in total. The lowest BCUT2D eigenvalue weighted by molar-refractivity contribution is -0.130. The fourth-order valence-corrected chi connectivity index (χ4v) is 2.60. The highest BCUT2D eigenvalue weighted by atomic mass is 16.5. The molecule has 0 spiro atoms. The summed E-state index contributed by atoms with van der Waals surface area (Å²) in [6, 6.07) is 6.97. The summed E-state index contributed by atoms with van der Waals surface area (Å²) < 4.78 is 15.6. The number of furan rings is 1. The Morgan fingerprint density at radius 1 is 1.24 bits per heavy atom. The molecule has 0 aliphatic carbocycles. The second-order valence-electron chi connectivity index (χ2n) is 5.95. The van der Waals surface area contributed by atoms with Gasteiger partial charge < -0.3 is 19.6 Å². The number of methoxy groups -OCH3 is 1. The van der Waals surface area contributed by atoms with Crippen LogP contribution in [0, 0.1) is 0 Å². The molecule has 1 fully saturated rings. The predicted octanol–water partition coefficient (Wildman–Crippen LogP) is 0.814. The van der Waals surface area contributed by atoms with E-state index in [1.165, 1.54) is 31.6 Å². The van der Waals surface area contributed by atoms with Crippen molar-refractivity contribution in [2.24, 2.45) is 5.73 Å². The Balaban J connectivity index is 1.87. The minimum atomic E-state index is -0.832. The molecular weight excluding hydrogens is 382 g/mol. The number of nitrogens with one attached hydrogen (secondary N) is 1. The molecule has 0 atom stereocenters. The number of carbonyl (C=O) groups is 4. The van der Waals surface area contributed by atoms with Gasteiger partial charge in [0, 0.05) is 0 Å². The number of primary amides is 1. The van der Waals surface area contributed by atoms with Gasteiger partial charge in [-0.1, -0.05) is 6.07 Å². The van der Waals surface area contributed by atoms with E-state index in [0.29, 0.717) is 11.3 Å². The number of hydrogen-bond donors (Lipinski definition) is 2. The molecule has 1 aromatic heterocycles. The molecule has 0 bridgehead atoms. The summed E-state index contributed by atoms with van der Waals surface area (Å²) in [4.78, 5) is 48.7. The molecular formula is C19H17N3O7. The Morgan fingerprint density at radius 2 is 2.03 bits per heavy atom. The van der Waals surface area contributed by atoms with Crippen LogP contribution in [-0.2, 0) is 20.9 Å². The van der Waals surface area contributed by atoms with Gasteiger partial charge in [0.25, 0.3) is 17.7 Å². The number of ether oxygens (including phenoxy) is 2. The standard InChI is InChI=1S/C19H17N3O7/c1-27-15-8-11(4-5-14(15)29-10-16(20)23)7-13-17(24)21-19(26)22(18(13)25)9-12-3-2-6-28-12/h2-8H,9-10H2,1H3,(H2,20,23)(H,21,24,26)/b13-7-. The second kappa shape index (κ2) is 8.30. The molecule has 2 aromatic rings. The Bertz CT molecular complexity index is 995. The number of hydrogen-bond acceptors (Lipinski definition) is 7. The molecule has 2 heterocycles. The van der Waals surface area contributed by atoms with E-state index in [2.05, 4.69) is 5.32 Å². The van der Waals surface area contributed by atoms with E-state index in [0.717, 1.165) is 4.90 Å². The van der Waals surface area contributed by atoms with Gasteiger partial charge in [0.05, 0.1) is 19.9 Å². The van der Waals surface area contributed by atoms with Crippen LogP contribution >= 0.6 is 0 Å². The molecule has 1 aliphatic rings. The largest absolute Gasteiger partial charge is 0.493 e. The van der Waals surface area contributed by atoms with E-state index in [-0.39, 0.29) is 30.2 Å². The lowest BCUT2D eigenvalue weighted by Crippen LogP contribution is -2.53. The number of nitrogens with zero attached hydrogens (tertiary/aromatic N) is 1. The average molecular weight is 399 g/mol. The first kappa shape index (κ1) is 19.7. The Hall–Kier alpha value is -4.08. The predicted molar refractivity (Wildman–Crippen MR) is 98.5 cm³/mol. The molecule has 29 heavy (non-hydrogen) atoms. The topological polar surface area (TPSA) is 141 Å². The van der Waals surface area contributed by atoms with Crippen molar-refractivity contribution in [2.75, 3.05) is 13.7 Å². The van der Waals surface area contributed by atoms with Crippen LogP contribution < -0.4 is 20.5 Å². The van der Waals surface area contributed by atoms with Crippen molar-refractivity contribution < 1.29 is 33.1 Å². The van der Waals surface area contributed by atoms with E-state index >= 15 is 0 Å². The maximum Gasteiger partial charge on any atom is 0.331 e. The molecule has 3 N–H and O–H groups in total. The summed E-state index contributed by atoms with van der Waals surface area (Å²) in [6.45, 7) is -0.451. The van der Waals surface area contributed by atoms with Crippen molar-refractivity contribution in [3.8, 4) is 11.5 Å². The first-order valence-corrected chi connectivity index (χ1v) is 8.39. The van der Waals surface area contributed by atoms with Crippen LogP contribution in [0.2, 0.25) is 0 Å². The quantitative estimate of drug-likeness (QED) is 0.518. The molecule has 1 saturated heterocycles. The van der Waals surface area contributed by atoms with Gasteiger partial charge in [0.2, 0.25) is 0 Å². The molecule has 0 unspecified atom stereocenters. The first-order valence-electron chi connectivity index (χ1n) is 8.39. The highest BCUT2D eigenvalue weighted by Crippen LogP contribution is 2.29. The van der Waals surface area contributed by atoms with E-state index in [1.807, 2.05) is 0 Å². The van der Waals surface area contributed by atoms with E-state index in [4.69, 9.17) is 19.6 Å². The minimum Gasteiger partial charge on any atom is -0.493 e. The maximum absolute atomic E-state index is 12.7. The normalized spacial score (nSPS) is 15.4. The average Bonchev–Trinajstić information content (AvgIpc) is 3.20. The monoisotopic (exact) mass is 399 g/mol. The lowest BCUT2D eigenvalue weighted by atomic mass is 10.1. The lowest BCUT2D eigenvalue weighted by Gasteiger charge is -2.25. The van der Waals surface area contributed by atoms with Gasteiger partial charge in [-0.05, 0) is 35.9 Å². The number of nitrogens with two attached hydrogens (primary N) is 1. The third-order valence-corrected chi connectivity index (χ3v) is 3.95. The third kappa shape index (κ3) is 4.43. The highest BCUT2D eigenvalue weighted by molar-refractivity contribution is 6.30. The smallest absolute Gasteiger partial charge is 0.331 e. The van der Waals surface area contributed by atoms with Crippen LogP contribution in [0.25, 0.3) is 6.08 Å². The van der Waals surface area contributed by atoms with Crippen LogP contribution in [-0.4, -0.2) is 42.4 Å². The second-order valence-corrected chi connectivity index (χ2v) is 5.95. The van der Waals surface area contributed by atoms with Gasteiger partial charge in [-0.2, -0.15) is 0 Å². The fourth-order valence-electron chi connectivity index (χ4n) is 2.60. The molecule has 5 amide bonds. The van der Waals surface area contributed by atoms with Gasteiger partial charge in [-0.3, -0.25) is 24.6 Å². The molecule has 1 aromatic carbocycles. The summed E-state index contributed by atoms with van der Waals surface area (Å²) in [5.74, 6) is -1.30. The number of barbiturate groups is 1. The van der Waals surface area contributed by atoms with Gasteiger partial charge >= 0.3 is 6.03 Å². The van der Waals surface area contributed by atoms with Crippen molar-refractivity contribution in [1.82, 2.24) is 10.2 Å². The van der Waals surface area contributed by atoms with Crippen molar-refractivity contribution in [1.29, 1.82) is 0 Å². The first-order chi connectivity index (χ1) is 13.9. The van der Waals surface area contributed by atoms with Crippen molar-refractivity contribution in [3.63, 3.8) is 0 Å². The highest BCUT2D eigenvalue weighted by Gasteiger charge is 2.36. The number of rotatable bonds is 7. The van der Waals surface area contributed by atoms with Gasteiger partial charge in [0.1, 0.15) is 11.3 Å². The third-order valence-electron chi connectivity index (χ3n) is 3.95. The van der Waals surface area contributed by atoms with E-state index in [1.54, 1.807) is 18.2 Å². The van der Waals surface area contributed by atoms with Crippen molar-refractivity contribution in [2.45, 2.75) is 6.54 Å². The van der Waals surface area contributed by atoms with E-state index < -0.39 is 23.8 Å². The molecule has 1 aliphatic heterocycles. The zero-order chi connectivity index (χ0) is 21.0. The van der Waals surface area contributed by atoms with E-state index in [9.17, 15) is 19.2 Å². The SMILES string of the molecule is COc1cc(/C=C2/C(=O)NC(=O)N(Cc3ccco3)C2=O)ccc1OCC(N)=O. The van der Waals surface area contributed by atoms with Crippen LogP contribution in [0.3, 0.4) is 0 Å². The molecule has 10 heteroatoms.